The fourth-order valence-corrected chi connectivity index (χ4v) is 1.58. The third kappa shape index (κ3) is 1.75. The van der Waals surface area contributed by atoms with Crippen LogP contribution in [0.25, 0.3) is 0 Å². The van der Waals surface area contributed by atoms with Crippen molar-refractivity contribution in [2.75, 3.05) is 18.5 Å². The molecule has 1 aromatic rings. The van der Waals surface area contributed by atoms with Crippen LogP contribution < -0.4 is 4.90 Å². The maximum atomic E-state index is 5.04. The topological polar surface area (TPSA) is 36.9 Å². The number of aromatic nitrogens is 3. The Hall–Kier alpha value is -0.840. The summed E-state index contributed by atoms with van der Waals surface area (Å²) in [5, 5.41) is 6.95. The van der Waals surface area contributed by atoms with E-state index in [1.54, 1.807) is 0 Å². The average molecular weight is 198 g/mol. The van der Waals surface area contributed by atoms with Gasteiger partial charge in [-0.15, -0.1) is 5.10 Å². The third-order valence-electron chi connectivity index (χ3n) is 2.43. The number of nitrogens with one attached hydrogen (secondary N) is 1. The van der Waals surface area contributed by atoms with Crippen LogP contribution in [0.1, 0.15) is 12.8 Å². The van der Waals surface area contributed by atoms with Gasteiger partial charge in [-0.3, -0.25) is 4.57 Å². The van der Waals surface area contributed by atoms with E-state index >= 15 is 0 Å². The van der Waals surface area contributed by atoms with Crippen LogP contribution >= 0.6 is 12.2 Å². The molecule has 1 aromatic heterocycles. The molecule has 1 heterocycles. The van der Waals surface area contributed by atoms with Crippen LogP contribution in [-0.4, -0.2) is 28.4 Å². The van der Waals surface area contributed by atoms with Gasteiger partial charge in [-0.25, -0.2) is 5.10 Å². The molecule has 1 fully saturated rings. The van der Waals surface area contributed by atoms with Gasteiger partial charge in [0, 0.05) is 20.6 Å². The molecule has 1 saturated carbocycles. The van der Waals surface area contributed by atoms with Crippen molar-refractivity contribution in [2.45, 2.75) is 12.8 Å². The van der Waals surface area contributed by atoms with E-state index in [9.17, 15) is 0 Å². The molecule has 0 amide bonds. The summed E-state index contributed by atoms with van der Waals surface area (Å²) in [6.07, 6.45) is 2.72. The molecule has 0 aromatic carbocycles. The fraction of sp³-hybridized carbons (Fsp3) is 0.750. The zero-order valence-corrected chi connectivity index (χ0v) is 8.77. The summed E-state index contributed by atoms with van der Waals surface area (Å²) in [6.45, 7) is 1.09. The van der Waals surface area contributed by atoms with Gasteiger partial charge in [0.2, 0.25) is 5.95 Å². The molecule has 0 atom stereocenters. The first-order valence-electron chi connectivity index (χ1n) is 4.51. The van der Waals surface area contributed by atoms with Crippen molar-refractivity contribution in [3.8, 4) is 0 Å². The van der Waals surface area contributed by atoms with Gasteiger partial charge in [0.1, 0.15) is 0 Å². The minimum Gasteiger partial charge on any atom is -0.344 e. The number of anilines is 1. The molecule has 0 bridgehead atoms. The molecule has 72 valence electrons. The Bertz CT molecular complexity index is 349. The number of hydrogen-bond acceptors (Lipinski definition) is 3. The van der Waals surface area contributed by atoms with Gasteiger partial charge in [0.05, 0.1) is 0 Å². The normalized spacial score (nSPS) is 16.2. The smallest absolute Gasteiger partial charge is 0.225 e. The van der Waals surface area contributed by atoms with Crippen LogP contribution in [0.5, 0.6) is 0 Å². The number of rotatable bonds is 3. The van der Waals surface area contributed by atoms with E-state index in [1.165, 1.54) is 12.8 Å². The molecule has 1 aliphatic carbocycles. The van der Waals surface area contributed by atoms with Gasteiger partial charge >= 0.3 is 0 Å². The van der Waals surface area contributed by atoms with Crippen molar-refractivity contribution in [3.05, 3.63) is 4.77 Å². The summed E-state index contributed by atoms with van der Waals surface area (Å²) in [6, 6.07) is 0. The maximum absolute atomic E-state index is 5.04. The predicted octanol–water partition coefficient (Wildman–Crippen LogP) is 1.32. The molecular weight excluding hydrogens is 184 g/mol. The number of H-pyrrole nitrogens is 1. The molecule has 2 rings (SSSR count). The highest BCUT2D eigenvalue weighted by atomic mass is 32.1. The van der Waals surface area contributed by atoms with E-state index in [0.29, 0.717) is 4.77 Å². The van der Waals surface area contributed by atoms with Gasteiger partial charge in [0.15, 0.2) is 4.77 Å². The Balaban J connectivity index is 2.13. The lowest BCUT2D eigenvalue weighted by Crippen LogP contribution is -2.23. The largest absolute Gasteiger partial charge is 0.344 e. The summed E-state index contributed by atoms with van der Waals surface area (Å²) in [7, 11) is 3.99. The number of nitrogens with zero attached hydrogens (tertiary/aromatic N) is 3. The Kier molecular flexibility index (Phi) is 2.11. The molecular formula is C8H14N4S. The van der Waals surface area contributed by atoms with Crippen molar-refractivity contribution >= 4 is 18.2 Å². The number of aromatic amines is 1. The van der Waals surface area contributed by atoms with Crippen LogP contribution in [0.3, 0.4) is 0 Å². The SMILES string of the molecule is CN(CC1CC1)c1n[nH]c(=S)n1C. The van der Waals surface area contributed by atoms with Gasteiger partial charge < -0.3 is 4.90 Å². The molecule has 0 radical (unpaired) electrons. The molecule has 0 aliphatic heterocycles. The minimum absolute atomic E-state index is 0.678. The highest BCUT2D eigenvalue weighted by Gasteiger charge is 2.24. The average Bonchev–Trinajstić information content (AvgIpc) is 2.82. The second kappa shape index (κ2) is 3.14. The number of hydrogen-bond donors (Lipinski definition) is 1. The molecule has 4 nitrogen and oxygen atoms in total. The Morgan fingerprint density at radius 1 is 1.69 bits per heavy atom. The molecule has 5 heteroatoms. The Morgan fingerprint density at radius 3 is 2.85 bits per heavy atom. The summed E-state index contributed by atoms with van der Waals surface area (Å²) in [5.41, 5.74) is 0. The lowest BCUT2D eigenvalue weighted by Gasteiger charge is -2.16. The predicted molar refractivity (Wildman–Crippen MR) is 54.4 cm³/mol. The second-order valence-electron chi connectivity index (χ2n) is 3.71. The molecule has 1 N–H and O–H groups in total. The lowest BCUT2D eigenvalue weighted by molar-refractivity contribution is 0.738. The van der Waals surface area contributed by atoms with Crippen molar-refractivity contribution in [2.24, 2.45) is 13.0 Å². The summed E-state index contributed by atoms with van der Waals surface area (Å²) < 4.78 is 2.58. The van der Waals surface area contributed by atoms with E-state index in [2.05, 4.69) is 22.1 Å². The lowest BCUT2D eigenvalue weighted by atomic mass is 10.4. The van der Waals surface area contributed by atoms with Gasteiger partial charge in [-0.1, -0.05) is 0 Å². The molecule has 1 aliphatic rings. The second-order valence-corrected chi connectivity index (χ2v) is 4.10. The summed E-state index contributed by atoms with van der Waals surface area (Å²) in [4.78, 5) is 2.16. The highest BCUT2D eigenvalue weighted by molar-refractivity contribution is 7.71. The van der Waals surface area contributed by atoms with Crippen molar-refractivity contribution in [1.82, 2.24) is 14.8 Å². The monoisotopic (exact) mass is 198 g/mol. The quantitative estimate of drug-likeness (QED) is 0.744. The standard InChI is InChI=1S/C8H14N4S/c1-11(5-6-3-4-6)7-9-10-8(13)12(7)2/h6H,3-5H2,1-2H3,(H,10,13). The van der Waals surface area contributed by atoms with Crippen molar-refractivity contribution in [3.63, 3.8) is 0 Å². The molecule has 0 saturated heterocycles. The van der Waals surface area contributed by atoms with Crippen LogP contribution in [0, 0.1) is 10.7 Å². The van der Waals surface area contributed by atoms with Crippen LogP contribution in [-0.2, 0) is 7.05 Å². The zero-order chi connectivity index (χ0) is 9.42. The third-order valence-corrected chi connectivity index (χ3v) is 2.79. The van der Waals surface area contributed by atoms with Crippen molar-refractivity contribution < 1.29 is 0 Å². The Morgan fingerprint density at radius 2 is 2.38 bits per heavy atom. The highest BCUT2D eigenvalue weighted by Crippen LogP contribution is 2.30. The van der Waals surface area contributed by atoms with Crippen LogP contribution in [0.2, 0.25) is 0 Å². The summed E-state index contributed by atoms with van der Waals surface area (Å²) in [5.74, 6) is 1.80. The van der Waals surface area contributed by atoms with Gasteiger partial charge in [0.25, 0.3) is 0 Å². The first-order chi connectivity index (χ1) is 6.18. The molecule has 13 heavy (non-hydrogen) atoms. The summed E-state index contributed by atoms with van der Waals surface area (Å²) >= 11 is 5.04. The van der Waals surface area contributed by atoms with E-state index in [0.717, 1.165) is 18.4 Å². The maximum Gasteiger partial charge on any atom is 0.225 e. The minimum atomic E-state index is 0.678. The van der Waals surface area contributed by atoms with Gasteiger partial charge in [-0.2, -0.15) is 0 Å². The van der Waals surface area contributed by atoms with Crippen LogP contribution in [0.4, 0.5) is 5.95 Å². The van der Waals surface area contributed by atoms with Crippen molar-refractivity contribution in [1.29, 1.82) is 0 Å². The van der Waals surface area contributed by atoms with Gasteiger partial charge in [-0.05, 0) is 31.0 Å². The van der Waals surface area contributed by atoms with E-state index in [1.807, 2.05) is 11.6 Å². The van der Waals surface area contributed by atoms with E-state index in [4.69, 9.17) is 12.2 Å². The first-order valence-corrected chi connectivity index (χ1v) is 4.92. The van der Waals surface area contributed by atoms with E-state index < -0.39 is 0 Å². The molecule has 0 spiro atoms. The Labute approximate surface area is 82.6 Å². The van der Waals surface area contributed by atoms with Crippen LogP contribution in [0.15, 0.2) is 0 Å². The fourth-order valence-electron chi connectivity index (χ4n) is 1.45. The zero-order valence-electron chi connectivity index (χ0n) is 7.95. The van der Waals surface area contributed by atoms with E-state index in [-0.39, 0.29) is 0 Å². The molecule has 0 unspecified atom stereocenters. The first kappa shape index (κ1) is 8.74.